The van der Waals surface area contributed by atoms with Gasteiger partial charge in [-0.3, -0.25) is 4.79 Å². The Morgan fingerprint density at radius 3 is 2.34 bits per heavy atom. The standard InChI is InChI=1S/C36H45N3O2/c1-4-11-28(12-5-2)34(36(41)38-31(24-40)27-13-7-6-8-14-27)29-19-17-26(18-20-29)23-39-32-16-10-9-15-30(32)33-25(3)21-22-37-35(33)39/h6-8,13-14,17-22,28,31,34,40H,4-5,9-12,15-16,23-24H2,1-3H3,(H,38,41)/t31-,34?/m0/s1. The van der Waals surface area contributed by atoms with Gasteiger partial charge >= 0.3 is 0 Å². The lowest BCUT2D eigenvalue weighted by Gasteiger charge is -2.29. The Morgan fingerprint density at radius 2 is 1.66 bits per heavy atom. The Morgan fingerprint density at radius 1 is 0.951 bits per heavy atom. The molecule has 5 heteroatoms. The fourth-order valence-corrected chi connectivity index (χ4v) is 6.93. The van der Waals surface area contributed by atoms with Crippen molar-refractivity contribution in [2.45, 2.75) is 90.6 Å². The van der Waals surface area contributed by atoms with E-state index in [1.165, 1.54) is 40.6 Å². The van der Waals surface area contributed by atoms with Crippen LogP contribution in [0.25, 0.3) is 11.0 Å². The van der Waals surface area contributed by atoms with Crippen molar-refractivity contribution in [2.75, 3.05) is 6.61 Å². The summed E-state index contributed by atoms with van der Waals surface area (Å²) in [6, 6.07) is 20.2. The summed E-state index contributed by atoms with van der Waals surface area (Å²) in [7, 11) is 0. The number of aromatic nitrogens is 2. The average molecular weight is 552 g/mol. The third-order valence-electron chi connectivity index (χ3n) is 8.91. The van der Waals surface area contributed by atoms with Crippen LogP contribution >= 0.6 is 0 Å². The van der Waals surface area contributed by atoms with Gasteiger partial charge in [0.15, 0.2) is 0 Å². The normalized spacial score (nSPS) is 14.7. The SMILES string of the molecule is CCCC(CCC)C(C(=O)N[C@@H](CO)c1ccccc1)c1ccc(Cn2c3c(c4c(C)ccnc42)CCCC3)cc1. The summed E-state index contributed by atoms with van der Waals surface area (Å²) in [5, 5.41) is 14.7. The molecule has 4 aromatic rings. The molecule has 2 N–H and O–H groups in total. The Bertz CT molecular complexity index is 1440. The summed E-state index contributed by atoms with van der Waals surface area (Å²) in [5.41, 5.74) is 8.54. The zero-order valence-corrected chi connectivity index (χ0v) is 24.9. The lowest BCUT2D eigenvalue weighted by Crippen LogP contribution is -2.37. The zero-order valence-electron chi connectivity index (χ0n) is 24.9. The number of nitrogens with zero attached hydrogens (tertiary/aromatic N) is 2. The number of hydrogen-bond acceptors (Lipinski definition) is 3. The van der Waals surface area contributed by atoms with Crippen LogP contribution in [0.5, 0.6) is 0 Å². The van der Waals surface area contributed by atoms with Gasteiger partial charge in [0.05, 0.1) is 18.6 Å². The first kappa shape index (κ1) is 29.1. The first-order chi connectivity index (χ1) is 20.0. The molecule has 0 bridgehead atoms. The van der Waals surface area contributed by atoms with Crippen molar-refractivity contribution in [1.29, 1.82) is 0 Å². The lowest BCUT2D eigenvalue weighted by molar-refractivity contribution is -0.125. The number of rotatable bonds is 12. The van der Waals surface area contributed by atoms with Gasteiger partial charge in [0.2, 0.25) is 5.91 Å². The first-order valence-corrected chi connectivity index (χ1v) is 15.6. The second-order valence-electron chi connectivity index (χ2n) is 11.8. The summed E-state index contributed by atoms with van der Waals surface area (Å²) in [6.07, 6.45) is 10.7. The number of benzene rings is 2. The maximum Gasteiger partial charge on any atom is 0.228 e. The van der Waals surface area contributed by atoms with E-state index >= 15 is 0 Å². The Labute approximate surface area is 245 Å². The van der Waals surface area contributed by atoms with Crippen molar-refractivity contribution in [3.05, 3.63) is 100 Å². The van der Waals surface area contributed by atoms with Gasteiger partial charge in [0.1, 0.15) is 5.65 Å². The molecule has 1 unspecified atom stereocenters. The van der Waals surface area contributed by atoms with E-state index in [-0.39, 0.29) is 24.3 Å². The third kappa shape index (κ3) is 6.25. The summed E-state index contributed by atoms with van der Waals surface area (Å²) < 4.78 is 2.43. The van der Waals surface area contributed by atoms with Crippen molar-refractivity contribution in [1.82, 2.24) is 14.9 Å². The molecule has 2 atom stereocenters. The molecule has 2 aromatic heterocycles. The smallest absolute Gasteiger partial charge is 0.228 e. The molecule has 0 saturated heterocycles. The average Bonchev–Trinajstić information content (AvgIpc) is 3.32. The maximum absolute atomic E-state index is 13.9. The molecule has 1 aliphatic carbocycles. The highest BCUT2D eigenvalue weighted by molar-refractivity contribution is 5.86. The molecule has 1 aliphatic rings. The van der Waals surface area contributed by atoms with E-state index in [4.69, 9.17) is 4.98 Å². The number of amides is 1. The molecule has 5 nitrogen and oxygen atoms in total. The number of hydrogen-bond donors (Lipinski definition) is 2. The van der Waals surface area contributed by atoms with Crippen molar-refractivity contribution in [2.24, 2.45) is 5.92 Å². The highest BCUT2D eigenvalue weighted by Crippen LogP contribution is 2.35. The number of aliphatic hydroxyl groups excluding tert-OH is 1. The fourth-order valence-electron chi connectivity index (χ4n) is 6.93. The second kappa shape index (κ2) is 13.5. The molecular weight excluding hydrogens is 506 g/mol. The van der Waals surface area contributed by atoms with E-state index in [0.29, 0.717) is 0 Å². The van der Waals surface area contributed by atoms with E-state index < -0.39 is 6.04 Å². The molecule has 0 radical (unpaired) electrons. The van der Waals surface area contributed by atoms with Gasteiger partial charge in [-0.15, -0.1) is 0 Å². The minimum atomic E-state index is -0.418. The molecule has 0 saturated carbocycles. The first-order valence-electron chi connectivity index (χ1n) is 15.6. The molecule has 2 heterocycles. The number of aryl methyl sites for hydroxylation is 2. The van der Waals surface area contributed by atoms with Crippen LogP contribution in [0.2, 0.25) is 0 Å². The number of nitrogens with one attached hydrogen (secondary N) is 1. The van der Waals surface area contributed by atoms with E-state index in [1.807, 2.05) is 36.5 Å². The molecule has 1 amide bonds. The molecule has 216 valence electrons. The third-order valence-corrected chi connectivity index (χ3v) is 8.91. The van der Waals surface area contributed by atoms with Gasteiger partial charge in [-0.25, -0.2) is 4.98 Å². The predicted molar refractivity (Wildman–Crippen MR) is 167 cm³/mol. The lowest BCUT2D eigenvalue weighted by atomic mass is 9.79. The van der Waals surface area contributed by atoms with Crippen LogP contribution < -0.4 is 5.32 Å². The van der Waals surface area contributed by atoms with Crippen LogP contribution in [-0.4, -0.2) is 27.2 Å². The zero-order chi connectivity index (χ0) is 28.8. The van der Waals surface area contributed by atoms with Gasteiger partial charge in [-0.1, -0.05) is 81.3 Å². The highest BCUT2D eigenvalue weighted by atomic mass is 16.3. The molecular formula is C36H45N3O2. The molecule has 0 aliphatic heterocycles. The monoisotopic (exact) mass is 551 g/mol. The maximum atomic E-state index is 13.9. The summed E-state index contributed by atoms with van der Waals surface area (Å²) in [5.74, 6) is -0.0116. The van der Waals surface area contributed by atoms with Gasteiger partial charge in [-0.2, -0.15) is 0 Å². The van der Waals surface area contributed by atoms with E-state index in [2.05, 4.69) is 61.0 Å². The van der Waals surface area contributed by atoms with E-state index in [9.17, 15) is 9.90 Å². The fraction of sp³-hybridized carbons (Fsp3) is 0.444. The minimum absolute atomic E-state index is 0.00213. The molecule has 2 aromatic carbocycles. The number of carbonyl (C=O) groups excluding carboxylic acids is 1. The second-order valence-corrected chi connectivity index (χ2v) is 11.8. The van der Waals surface area contributed by atoms with Crippen molar-refractivity contribution >= 4 is 16.9 Å². The van der Waals surface area contributed by atoms with Crippen LogP contribution in [0.4, 0.5) is 0 Å². The Balaban J connectivity index is 1.44. The predicted octanol–water partition coefficient (Wildman–Crippen LogP) is 7.42. The summed E-state index contributed by atoms with van der Waals surface area (Å²) in [6.45, 7) is 7.24. The quantitative estimate of drug-likeness (QED) is 0.193. The van der Waals surface area contributed by atoms with Crippen molar-refractivity contribution in [3.8, 4) is 0 Å². The minimum Gasteiger partial charge on any atom is -0.394 e. The van der Waals surface area contributed by atoms with Crippen LogP contribution in [0.15, 0.2) is 66.9 Å². The van der Waals surface area contributed by atoms with Crippen molar-refractivity contribution < 1.29 is 9.90 Å². The van der Waals surface area contributed by atoms with Gasteiger partial charge < -0.3 is 15.0 Å². The largest absolute Gasteiger partial charge is 0.394 e. The van der Waals surface area contributed by atoms with Crippen LogP contribution in [0.1, 0.15) is 97.8 Å². The number of pyridine rings is 1. The summed E-state index contributed by atoms with van der Waals surface area (Å²) >= 11 is 0. The van der Waals surface area contributed by atoms with E-state index in [0.717, 1.165) is 61.8 Å². The molecule has 0 spiro atoms. The number of carbonyl (C=O) groups is 1. The van der Waals surface area contributed by atoms with Gasteiger partial charge in [0.25, 0.3) is 0 Å². The number of aliphatic hydroxyl groups is 1. The molecule has 0 fully saturated rings. The van der Waals surface area contributed by atoms with Crippen LogP contribution in [0, 0.1) is 12.8 Å². The number of fused-ring (bicyclic) bond motifs is 3. The Kier molecular flexibility index (Phi) is 9.56. The summed E-state index contributed by atoms with van der Waals surface area (Å²) in [4.78, 5) is 18.7. The van der Waals surface area contributed by atoms with E-state index in [1.54, 1.807) is 0 Å². The van der Waals surface area contributed by atoms with Crippen LogP contribution in [0.3, 0.4) is 0 Å². The van der Waals surface area contributed by atoms with Gasteiger partial charge in [0, 0.05) is 23.8 Å². The van der Waals surface area contributed by atoms with Crippen molar-refractivity contribution in [3.63, 3.8) is 0 Å². The van der Waals surface area contributed by atoms with Crippen LogP contribution in [-0.2, 0) is 24.2 Å². The topological polar surface area (TPSA) is 67.2 Å². The Hall–Kier alpha value is -3.44. The highest BCUT2D eigenvalue weighted by Gasteiger charge is 2.31. The van der Waals surface area contributed by atoms with Gasteiger partial charge in [-0.05, 0) is 85.3 Å². The molecule has 41 heavy (non-hydrogen) atoms. The molecule has 5 rings (SSSR count).